The first-order valence-corrected chi connectivity index (χ1v) is 6.71. The molecule has 0 spiro atoms. The van der Waals surface area contributed by atoms with Crippen LogP contribution in [0.5, 0.6) is 0 Å². The zero-order valence-corrected chi connectivity index (χ0v) is 11.1. The Labute approximate surface area is 102 Å². The fourth-order valence-electron chi connectivity index (χ4n) is 2.21. The van der Waals surface area contributed by atoms with Gasteiger partial charge in [0.15, 0.2) is 0 Å². The molecule has 0 amide bonds. The zero-order chi connectivity index (χ0) is 11.8. The Morgan fingerprint density at radius 3 is 2.69 bits per heavy atom. The Morgan fingerprint density at radius 1 is 1.31 bits per heavy atom. The summed E-state index contributed by atoms with van der Waals surface area (Å²) >= 11 is 2.05. The molecule has 1 aliphatic rings. The van der Waals surface area contributed by atoms with E-state index >= 15 is 0 Å². The maximum absolute atomic E-state index is 5.90. The number of hydrogen-bond donors (Lipinski definition) is 1. The lowest BCUT2D eigenvalue weighted by Crippen LogP contribution is -2.43. The summed E-state index contributed by atoms with van der Waals surface area (Å²) in [4.78, 5) is 2.44. The van der Waals surface area contributed by atoms with Gasteiger partial charge in [0.25, 0.3) is 0 Å². The smallest absolute Gasteiger partial charge is 0.0390 e. The summed E-state index contributed by atoms with van der Waals surface area (Å²) in [6.45, 7) is 8.94. The van der Waals surface area contributed by atoms with Crippen LogP contribution < -0.4 is 10.6 Å². The number of nitrogens with two attached hydrogens (primary N) is 1. The SMILES string of the molecule is Cc1cc(N)cc(N2CCSC(C)(C)C2)c1. The largest absolute Gasteiger partial charge is 0.399 e. The van der Waals surface area contributed by atoms with Gasteiger partial charge < -0.3 is 10.6 Å². The summed E-state index contributed by atoms with van der Waals surface area (Å²) in [6, 6.07) is 6.33. The summed E-state index contributed by atoms with van der Waals surface area (Å²) in [5, 5.41) is 0. The van der Waals surface area contributed by atoms with Crippen molar-refractivity contribution in [1.29, 1.82) is 0 Å². The predicted octanol–water partition coefficient (Wildman–Crippen LogP) is 2.91. The number of benzene rings is 1. The summed E-state index contributed by atoms with van der Waals surface area (Å²) in [5.41, 5.74) is 9.28. The molecule has 1 aliphatic heterocycles. The van der Waals surface area contributed by atoms with Crippen molar-refractivity contribution in [3.8, 4) is 0 Å². The van der Waals surface area contributed by atoms with E-state index in [9.17, 15) is 0 Å². The van der Waals surface area contributed by atoms with Gasteiger partial charge in [0.2, 0.25) is 0 Å². The Hall–Kier alpha value is -0.830. The number of aryl methyl sites for hydroxylation is 1. The monoisotopic (exact) mass is 236 g/mol. The van der Waals surface area contributed by atoms with E-state index < -0.39 is 0 Å². The number of anilines is 2. The third-order valence-corrected chi connectivity index (χ3v) is 4.17. The minimum Gasteiger partial charge on any atom is -0.399 e. The van der Waals surface area contributed by atoms with Gasteiger partial charge in [0, 0.05) is 35.0 Å². The highest BCUT2D eigenvalue weighted by Gasteiger charge is 2.27. The normalized spacial score (nSPS) is 19.8. The summed E-state index contributed by atoms with van der Waals surface area (Å²) in [7, 11) is 0. The van der Waals surface area contributed by atoms with Gasteiger partial charge in [-0.15, -0.1) is 0 Å². The van der Waals surface area contributed by atoms with Crippen LogP contribution in [0.25, 0.3) is 0 Å². The Bertz CT molecular complexity index is 367. The first-order chi connectivity index (χ1) is 7.46. The van der Waals surface area contributed by atoms with Crippen molar-refractivity contribution < 1.29 is 0 Å². The van der Waals surface area contributed by atoms with Crippen LogP contribution in [0.3, 0.4) is 0 Å². The van der Waals surface area contributed by atoms with Gasteiger partial charge in [-0.25, -0.2) is 0 Å². The summed E-state index contributed by atoms with van der Waals surface area (Å²) in [5.74, 6) is 1.20. The molecule has 2 nitrogen and oxygen atoms in total. The topological polar surface area (TPSA) is 29.3 Å². The molecule has 2 rings (SSSR count). The molecule has 0 bridgehead atoms. The molecule has 2 N–H and O–H groups in total. The highest BCUT2D eigenvalue weighted by molar-refractivity contribution is 8.00. The molecular weight excluding hydrogens is 216 g/mol. The van der Waals surface area contributed by atoms with Crippen molar-refractivity contribution in [3.63, 3.8) is 0 Å². The van der Waals surface area contributed by atoms with E-state index in [1.165, 1.54) is 17.0 Å². The van der Waals surface area contributed by atoms with Crippen molar-refractivity contribution in [2.75, 3.05) is 29.5 Å². The number of thioether (sulfide) groups is 1. The zero-order valence-electron chi connectivity index (χ0n) is 10.3. The van der Waals surface area contributed by atoms with E-state index in [2.05, 4.69) is 49.6 Å². The van der Waals surface area contributed by atoms with Crippen molar-refractivity contribution in [3.05, 3.63) is 23.8 Å². The van der Waals surface area contributed by atoms with Crippen LogP contribution in [0.15, 0.2) is 18.2 Å². The molecule has 1 saturated heterocycles. The molecule has 0 radical (unpaired) electrons. The Kier molecular flexibility index (Phi) is 3.06. The van der Waals surface area contributed by atoms with Gasteiger partial charge in [-0.05, 0) is 44.5 Å². The van der Waals surface area contributed by atoms with Crippen LogP contribution in [-0.4, -0.2) is 23.6 Å². The predicted molar refractivity (Wildman–Crippen MR) is 74.3 cm³/mol. The molecule has 0 unspecified atom stereocenters. The highest BCUT2D eigenvalue weighted by atomic mass is 32.2. The minimum absolute atomic E-state index is 0.344. The average molecular weight is 236 g/mol. The van der Waals surface area contributed by atoms with Gasteiger partial charge in [-0.2, -0.15) is 11.8 Å². The van der Waals surface area contributed by atoms with E-state index in [0.29, 0.717) is 4.75 Å². The van der Waals surface area contributed by atoms with E-state index in [1.54, 1.807) is 0 Å². The number of rotatable bonds is 1. The van der Waals surface area contributed by atoms with Crippen LogP contribution >= 0.6 is 11.8 Å². The third-order valence-electron chi connectivity index (χ3n) is 2.88. The molecule has 0 saturated carbocycles. The van der Waals surface area contributed by atoms with E-state index in [4.69, 9.17) is 5.73 Å². The van der Waals surface area contributed by atoms with Crippen molar-refractivity contribution in [1.82, 2.24) is 0 Å². The maximum Gasteiger partial charge on any atom is 0.0390 e. The maximum atomic E-state index is 5.90. The Morgan fingerprint density at radius 2 is 2.06 bits per heavy atom. The van der Waals surface area contributed by atoms with Crippen LogP contribution in [0, 0.1) is 6.92 Å². The molecule has 1 aromatic rings. The molecule has 16 heavy (non-hydrogen) atoms. The van der Waals surface area contributed by atoms with Crippen LogP contribution in [0.2, 0.25) is 0 Å². The molecule has 1 heterocycles. The Balaban J connectivity index is 2.23. The molecule has 0 atom stereocenters. The molecule has 0 aliphatic carbocycles. The summed E-state index contributed by atoms with van der Waals surface area (Å²) < 4.78 is 0.344. The second-order valence-electron chi connectivity index (χ2n) is 5.13. The minimum atomic E-state index is 0.344. The van der Waals surface area contributed by atoms with Gasteiger partial charge in [-0.3, -0.25) is 0 Å². The molecular formula is C13H20N2S. The van der Waals surface area contributed by atoms with E-state index in [-0.39, 0.29) is 0 Å². The molecule has 88 valence electrons. The van der Waals surface area contributed by atoms with Gasteiger partial charge in [-0.1, -0.05) is 0 Å². The van der Waals surface area contributed by atoms with Crippen LogP contribution in [-0.2, 0) is 0 Å². The van der Waals surface area contributed by atoms with E-state index in [0.717, 1.165) is 18.8 Å². The van der Waals surface area contributed by atoms with Crippen molar-refractivity contribution in [2.45, 2.75) is 25.5 Å². The lowest BCUT2D eigenvalue weighted by molar-refractivity contribution is 0.648. The number of hydrogen-bond acceptors (Lipinski definition) is 3. The van der Waals surface area contributed by atoms with Gasteiger partial charge in [0.05, 0.1) is 0 Å². The average Bonchev–Trinajstić information content (AvgIpc) is 2.14. The lowest BCUT2D eigenvalue weighted by atomic mass is 10.1. The first-order valence-electron chi connectivity index (χ1n) is 5.72. The standard InChI is InChI=1S/C13H20N2S/c1-10-6-11(14)8-12(7-10)15-4-5-16-13(2,3)9-15/h6-8H,4-5,9,14H2,1-3H3. The van der Waals surface area contributed by atoms with Crippen molar-refractivity contribution >= 4 is 23.1 Å². The second-order valence-corrected chi connectivity index (χ2v) is 6.93. The van der Waals surface area contributed by atoms with E-state index in [1.807, 2.05) is 6.07 Å². The number of nitrogen functional groups attached to an aromatic ring is 1. The fraction of sp³-hybridized carbons (Fsp3) is 0.538. The summed E-state index contributed by atoms with van der Waals surface area (Å²) in [6.07, 6.45) is 0. The highest BCUT2D eigenvalue weighted by Crippen LogP contribution is 2.33. The van der Waals surface area contributed by atoms with Crippen LogP contribution in [0.4, 0.5) is 11.4 Å². The molecule has 3 heteroatoms. The quantitative estimate of drug-likeness (QED) is 0.760. The fourth-order valence-corrected chi connectivity index (χ4v) is 3.32. The lowest BCUT2D eigenvalue weighted by Gasteiger charge is -2.39. The first kappa shape index (κ1) is 11.6. The molecule has 0 aromatic heterocycles. The second kappa shape index (κ2) is 4.21. The molecule has 1 aromatic carbocycles. The van der Waals surface area contributed by atoms with Gasteiger partial charge >= 0.3 is 0 Å². The third kappa shape index (κ3) is 2.64. The molecule has 1 fully saturated rings. The van der Waals surface area contributed by atoms with Crippen LogP contribution in [0.1, 0.15) is 19.4 Å². The van der Waals surface area contributed by atoms with Gasteiger partial charge in [0.1, 0.15) is 0 Å². The van der Waals surface area contributed by atoms with Crippen molar-refractivity contribution in [2.24, 2.45) is 0 Å². The number of nitrogens with zero attached hydrogens (tertiary/aromatic N) is 1.